The van der Waals surface area contributed by atoms with Crippen LogP contribution in [0.15, 0.2) is 12.3 Å². The molecular formula is C11H15N3O2. The van der Waals surface area contributed by atoms with Gasteiger partial charge in [-0.15, -0.1) is 0 Å². The molecule has 1 atom stereocenters. The molecule has 16 heavy (non-hydrogen) atoms. The lowest BCUT2D eigenvalue weighted by Gasteiger charge is -2.24. The first-order chi connectivity index (χ1) is 7.59. The Morgan fingerprint density at radius 2 is 2.31 bits per heavy atom. The Morgan fingerprint density at radius 3 is 2.88 bits per heavy atom. The van der Waals surface area contributed by atoms with Crippen LogP contribution in [-0.4, -0.2) is 34.1 Å². The molecule has 0 saturated heterocycles. The minimum absolute atomic E-state index is 0.0415. The molecule has 1 N–H and O–H groups in total. The number of aromatic nitrogens is 2. The second-order valence-electron chi connectivity index (χ2n) is 4.24. The summed E-state index contributed by atoms with van der Waals surface area (Å²) in [5, 5.41) is 8.84. The van der Waals surface area contributed by atoms with Gasteiger partial charge in [-0.05, 0) is 31.7 Å². The molecule has 1 saturated carbocycles. The number of carboxylic acid groups (broad SMARTS) is 1. The summed E-state index contributed by atoms with van der Waals surface area (Å²) in [6.45, 7) is 2.12. The van der Waals surface area contributed by atoms with Crippen molar-refractivity contribution in [3.63, 3.8) is 0 Å². The first kappa shape index (κ1) is 10.9. The minimum atomic E-state index is -1.02. The quantitative estimate of drug-likeness (QED) is 0.832. The van der Waals surface area contributed by atoms with Crippen LogP contribution in [0.4, 0.5) is 5.95 Å². The van der Waals surface area contributed by atoms with Crippen molar-refractivity contribution in [3.8, 4) is 0 Å². The maximum Gasteiger partial charge on any atom is 0.354 e. The van der Waals surface area contributed by atoms with Crippen molar-refractivity contribution >= 4 is 11.9 Å². The van der Waals surface area contributed by atoms with Gasteiger partial charge in [0, 0.05) is 19.3 Å². The average Bonchev–Trinajstić information content (AvgIpc) is 3.11. The standard InChI is InChI=1S/C11H15N3O2/c1-7(8-3-4-8)14(2)11-12-6-5-9(13-11)10(15)16/h5-8H,3-4H2,1-2H3,(H,15,16). The predicted molar refractivity (Wildman–Crippen MR) is 59.6 cm³/mol. The maximum atomic E-state index is 10.8. The molecule has 0 aliphatic heterocycles. The lowest BCUT2D eigenvalue weighted by Crippen LogP contribution is -2.32. The molecule has 5 heteroatoms. The highest BCUT2D eigenvalue weighted by atomic mass is 16.4. The number of aromatic carboxylic acids is 1. The fourth-order valence-electron chi connectivity index (χ4n) is 1.71. The van der Waals surface area contributed by atoms with Crippen LogP contribution in [0, 0.1) is 5.92 Å². The number of rotatable bonds is 4. The number of anilines is 1. The summed E-state index contributed by atoms with van der Waals surface area (Å²) < 4.78 is 0. The second-order valence-corrected chi connectivity index (χ2v) is 4.24. The Labute approximate surface area is 94.1 Å². The minimum Gasteiger partial charge on any atom is -0.477 e. The lowest BCUT2D eigenvalue weighted by molar-refractivity contribution is 0.0690. The van der Waals surface area contributed by atoms with Gasteiger partial charge in [0.1, 0.15) is 0 Å². The van der Waals surface area contributed by atoms with E-state index in [1.54, 1.807) is 0 Å². The van der Waals surface area contributed by atoms with Crippen molar-refractivity contribution in [1.82, 2.24) is 9.97 Å². The van der Waals surface area contributed by atoms with E-state index in [1.165, 1.54) is 25.1 Å². The van der Waals surface area contributed by atoms with Crippen molar-refractivity contribution in [2.24, 2.45) is 5.92 Å². The van der Waals surface area contributed by atoms with Crippen molar-refractivity contribution in [1.29, 1.82) is 0 Å². The fourth-order valence-corrected chi connectivity index (χ4v) is 1.71. The van der Waals surface area contributed by atoms with E-state index in [9.17, 15) is 4.79 Å². The zero-order valence-corrected chi connectivity index (χ0v) is 9.42. The molecule has 0 bridgehead atoms. The third-order valence-corrected chi connectivity index (χ3v) is 3.09. The SMILES string of the molecule is CC(C1CC1)N(C)c1nccc(C(=O)O)n1. The zero-order chi connectivity index (χ0) is 11.7. The van der Waals surface area contributed by atoms with Gasteiger partial charge in [-0.2, -0.15) is 0 Å². The van der Waals surface area contributed by atoms with Gasteiger partial charge in [0.15, 0.2) is 5.69 Å². The van der Waals surface area contributed by atoms with Crippen LogP contribution in [-0.2, 0) is 0 Å². The van der Waals surface area contributed by atoms with E-state index in [-0.39, 0.29) is 5.69 Å². The molecule has 1 aliphatic carbocycles. The van der Waals surface area contributed by atoms with Gasteiger partial charge in [-0.1, -0.05) is 0 Å². The molecule has 86 valence electrons. The van der Waals surface area contributed by atoms with Gasteiger partial charge >= 0.3 is 5.97 Å². The molecule has 0 spiro atoms. The second kappa shape index (κ2) is 4.08. The largest absolute Gasteiger partial charge is 0.477 e. The van der Waals surface area contributed by atoms with Crippen molar-refractivity contribution in [2.45, 2.75) is 25.8 Å². The Balaban J connectivity index is 2.18. The van der Waals surface area contributed by atoms with E-state index < -0.39 is 5.97 Å². The van der Waals surface area contributed by atoms with Crippen molar-refractivity contribution in [3.05, 3.63) is 18.0 Å². The fraction of sp³-hybridized carbons (Fsp3) is 0.545. The van der Waals surface area contributed by atoms with Crippen LogP contribution in [0.3, 0.4) is 0 Å². The molecule has 1 aliphatic rings. The van der Waals surface area contributed by atoms with Gasteiger partial charge in [0.25, 0.3) is 0 Å². The summed E-state index contributed by atoms with van der Waals surface area (Å²) in [7, 11) is 1.91. The van der Waals surface area contributed by atoms with E-state index >= 15 is 0 Å². The Hall–Kier alpha value is -1.65. The third-order valence-electron chi connectivity index (χ3n) is 3.09. The monoisotopic (exact) mass is 221 g/mol. The summed E-state index contributed by atoms with van der Waals surface area (Å²) in [4.78, 5) is 20.9. The van der Waals surface area contributed by atoms with Gasteiger partial charge in [-0.3, -0.25) is 0 Å². The van der Waals surface area contributed by atoms with E-state index in [1.807, 2.05) is 11.9 Å². The van der Waals surface area contributed by atoms with Crippen LogP contribution in [0.2, 0.25) is 0 Å². The molecule has 1 heterocycles. The predicted octanol–water partition coefficient (Wildman–Crippen LogP) is 1.41. The average molecular weight is 221 g/mol. The smallest absolute Gasteiger partial charge is 0.354 e. The molecule has 1 aromatic rings. The van der Waals surface area contributed by atoms with Crippen LogP contribution >= 0.6 is 0 Å². The van der Waals surface area contributed by atoms with Crippen LogP contribution in [0.1, 0.15) is 30.3 Å². The first-order valence-corrected chi connectivity index (χ1v) is 5.38. The summed E-state index contributed by atoms with van der Waals surface area (Å²) in [6.07, 6.45) is 3.97. The third kappa shape index (κ3) is 2.13. The molecular weight excluding hydrogens is 206 g/mol. The number of hydrogen-bond donors (Lipinski definition) is 1. The number of nitrogens with zero attached hydrogens (tertiary/aromatic N) is 3. The van der Waals surface area contributed by atoms with E-state index in [0.29, 0.717) is 17.9 Å². The Morgan fingerprint density at radius 1 is 1.62 bits per heavy atom. The lowest BCUT2D eigenvalue weighted by atomic mass is 10.2. The van der Waals surface area contributed by atoms with Crippen LogP contribution in [0.5, 0.6) is 0 Å². The molecule has 1 fully saturated rings. The van der Waals surface area contributed by atoms with Gasteiger partial charge in [-0.25, -0.2) is 14.8 Å². The summed E-state index contributed by atoms with van der Waals surface area (Å²) in [5.74, 6) is 0.164. The van der Waals surface area contributed by atoms with E-state index in [4.69, 9.17) is 5.11 Å². The number of carbonyl (C=O) groups is 1. The van der Waals surface area contributed by atoms with Gasteiger partial charge < -0.3 is 10.0 Å². The molecule has 1 aromatic heterocycles. The molecule has 5 nitrogen and oxygen atoms in total. The topological polar surface area (TPSA) is 66.3 Å². The van der Waals surface area contributed by atoms with Gasteiger partial charge in [0.2, 0.25) is 5.95 Å². The van der Waals surface area contributed by atoms with Gasteiger partial charge in [0.05, 0.1) is 0 Å². The first-order valence-electron chi connectivity index (χ1n) is 5.38. The maximum absolute atomic E-state index is 10.8. The summed E-state index contributed by atoms with van der Waals surface area (Å²) in [5.41, 5.74) is 0.0415. The molecule has 2 rings (SSSR count). The normalized spacial score (nSPS) is 16.9. The number of hydrogen-bond acceptors (Lipinski definition) is 4. The van der Waals surface area contributed by atoms with E-state index in [2.05, 4.69) is 16.9 Å². The summed E-state index contributed by atoms with van der Waals surface area (Å²) >= 11 is 0. The zero-order valence-electron chi connectivity index (χ0n) is 9.42. The highest BCUT2D eigenvalue weighted by molar-refractivity contribution is 5.85. The Bertz CT molecular complexity index is 404. The molecule has 1 unspecified atom stereocenters. The van der Waals surface area contributed by atoms with Crippen LogP contribution < -0.4 is 4.90 Å². The van der Waals surface area contributed by atoms with Crippen molar-refractivity contribution in [2.75, 3.05) is 11.9 Å². The van der Waals surface area contributed by atoms with E-state index in [0.717, 1.165) is 0 Å². The molecule has 0 amide bonds. The molecule has 0 radical (unpaired) electrons. The highest BCUT2D eigenvalue weighted by Gasteiger charge is 2.31. The number of carboxylic acids is 1. The molecule has 0 aromatic carbocycles. The highest BCUT2D eigenvalue weighted by Crippen LogP contribution is 2.35. The van der Waals surface area contributed by atoms with Crippen molar-refractivity contribution < 1.29 is 9.90 Å². The Kier molecular flexibility index (Phi) is 2.77. The summed E-state index contributed by atoms with van der Waals surface area (Å²) in [6, 6.07) is 1.77. The van der Waals surface area contributed by atoms with Crippen LogP contribution in [0.25, 0.3) is 0 Å².